The molecule has 1 fully saturated rings. The van der Waals surface area contributed by atoms with Gasteiger partial charge in [0.1, 0.15) is 12.6 Å². The molecule has 1 aromatic rings. The minimum atomic E-state index is -4.26. The van der Waals surface area contributed by atoms with Gasteiger partial charge >= 0.3 is 6.18 Å². The summed E-state index contributed by atoms with van der Waals surface area (Å²) in [4.78, 5) is 1.31. The van der Waals surface area contributed by atoms with Gasteiger partial charge in [-0.2, -0.15) is 18.4 Å². The highest BCUT2D eigenvalue weighted by Gasteiger charge is 2.38. The summed E-state index contributed by atoms with van der Waals surface area (Å²) in [6.45, 7) is -0.421. The lowest BCUT2D eigenvalue weighted by Crippen LogP contribution is -2.36. The van der Waals surface area contributed by atoms with Crippen LogP contribution in [0.1, 0.15) is 24.0 Å². The van der Waals surface area contributed by atoms with Gasteiger partial charge in [-0.1, -0.05) is 6.07 Å². The Morgan fingerprint density at radius 3 is 2.60 bits per heavy atom. The Morgan fingerprint density at radius 1 is 1.40 bits per heavy atom. The number of hydrogen-bond donors (Lipinski definition) is 1. The second-order valence-electron chi connectivity index (χ2n) is 4.97. The predicted molar refractivity (Wildman–Crippen MR) is 70.3 cm³/mol. The highest BCUT2D eigenvalue weighted by molar-refractivity contribution is 5.61. The lowest BCUT2D eigenvalue weighted by molar-refractivity contribution is -0.120. The first-order valence-corrected chi connectivity index (χ1v) is 6.45. The second-order valence-corrected chi connectivity index (χ2v) is 4.97. The highest BCUT2D eigenvalue weighted by atomic mass is 19.4. The van der Waals surface area contributed by atoms with Crippen molar-refractivity contribution in [3.63, 3.8) is 0 Å². The molecule has 3 nitrogen and oxygen atoms in total. The summed E-state index contributed by atoms with van der Waals surface area (Å²) in [5, 5.41) is 12.1. The smallest absolute Gasteiger partial charge is 0.358 e. The van der Waals surface area contributed by atoms with E-state index in [1.165, 1.54) is 4.90 Å². The SMILES string of the molecule is CNCc1ccc(N(CC(F)(F)F)C2CC2)c(C#N)c1. The van der Waals surface area contributed by atoms with Crippen LogP contribution in [0.4, 0.5) is 18.9 Å². The van der Waals surface area contributed by atoms with Crippen molar-refractivity contribution in [3.8, 4) is 6.07 Å². The van der Waals surface area contributed by atoms with E-state index in [9.17, 15) is 18.4 Å². The van der Waals surface area contributed by atoms with E-state index in [2.05, 4.69) is 5.32 Å². The van der Waals surface area contributed by atoms with Gasteiger partial charge in [0.25, 0.3) is 0 Å². The Kier molecular flexibility index (Phi) is 4.19. The maximum absolute atomic E-state index is 12.7. The number of nitriles is 1. The Labute approximate surface area is 116 Å². The first-order valence-electron chi connectivity index (χ1n) is 6.45. The monoisotopic (exact) mass is 283 g/mol. The summed E-state index contributed by atoms with van der Waals surface area (Å²) < 4.78 is 38.0. The molecule has 20 heavy (non-hydrogen) atoms. The Bertz CT molecular complexity index is 515. The number of hydrogen-bond acceptors (Lipinski definition) is 3. The maximum Gasteiger partial charge on any atom is 0.405 e. The molecule has 0 aromatic heterocycles. The van der Waals surface area contributed by atoms with Gasteiger partial charge in [0.15, 0.2) is 0 Å². The van der Waals surface area contributed by atoms with E-state index in [-0.39, 0.29) is 6.04 Å². The fourth-order valence-electron chi connectivity index (χ4n) is 2.23. The van der Waals surface area contributed by atoms with Crippen LogP contribution >= 0.6 is 0 Å². The zero-order valence-corrected chi connectivity index (χ0v) is 11.2. The molecule has 6 heteroatoms. The summed E-state index contributed by atoms with van der Waals surface area (Å²) in [5.41, 5.74) is 1.57. The van der Waals surface area contributed by atoms with Crippen LogP contribution in [-0.4, -0.2) is 25.8 Å². The number of nitrogens with one attached hydrogen (secondary N) is 1. The third kappa shape index (κ3) is 3.64. The van der Waals surface area contributed by atoms with E-state index in [0.717, 1.165) is 18.4 Å². The van der Waals surface area contributed by atoms with Crippen molar-refractivity contribution in [1.82, 2.24) is 5.32 Å². The largest absolute Gasteiger partial charge is 0.405 e. The average molecular weight is 283 g/mol. The van der Waals surface area contributed by atoms with Gasteiger partial charge in [0.2, 0.25) is 0 Å². The van der Waals surface area contributed by atoms with Crippen molar-refractivity contribution in [2.24, 2.45) is 0 Å². The van der Waals surface area contributed by atoms with Crippen LogP contribution in [0.5, 0.6) is 0 Å². The van der Waals surface area contributed by atoms with Gasteiger partial charge in [-0.25, -0.2) is 0 Å². The van der Waals surface area contributed by atoms with Gasteiger partial charge < -0.3 is 10.2 Å². The van der Waals surface area contributed by atoms with Crippen LogP contribution in [0.2, 0.25) is 0 Å². The van der Waals surface area contributed by atoms with Gasteiger partial charge in [-0.3, -0.25) is 0 Å². The van der Waals surface area contributed by atoms with E-state index < -0.39 is 12.7 Å². The van der Waals surface area contributed by atoms with Crippen LogP contribution in [0.3, 0.4) is 0 Å². The Hall–Kier alpha value is -1.74. The standard InChI is InChI=1S/C14H16F3N3/c1-19-8-10-2-5-13(11(6-10)7-18)20(12-3-4-12)9-14(15,16)17/h2,5-6,12,19H,3-4,8-9H2,1H3. The zero-order chi connectivity index (χ0) is 14.8. The number of nitrogens with zero attached hydrogens (tertiary/aromatic N) is 2. The average Bonchev–Trinajstić information content (AvgIpc) is 3.19. The maximum atomic E-state index is 12.7. The number of benzene rings is 1. The fraction of sp³-hybridized carbons (Fsp3) is 0.500. The van der Waals surface area contributed by atoms with Crippen molar-refractivity contribution in [3.05, 3.63) is 29.3 Å². The zero-order valence-electron chi connectivity index (χ0n) is 11.2. The molecule has 0 aliphatic heterocycles. The fourth-order valence-corrected chi connectivity index (χ4v) is 2.23. The molecule has 0 amide bonds. The highest BCUT2D eigenvalue weighted by Crippen LogP contribution is 2.36. The molecule has 0 saturated heterocycles. The van der Waals surface area contributed by atoms with E-state index >= 15 is 0 Å². The summed E-state index contributed by atoms with van der Waals surface area (Å²) in [7, 11) is 1.78. The summed E-state index contributed by atoms with van der Waals surface area (Å²) in [5.74, 6) is 0. The number of halogens is 3. The molecule has 0 radical (unpaired) electrons. The first-order chi connectivity index (χ1) is 9.44. The van der Waals surface area contributed by atoms with Crippen LogP contribution in [0.15, 0.2) is 18.2 Å². The van der Waals surface area contributed by atoms with Crippen LogP contribution in [-0.2, 0) is 6.54 Å². The topological polar surface area (TPSA) is 39.1 Å². The van der Waals surface area contributed by atoms with Gasteiger partial charge in [-0.15, -0.1) is 0 Å². The minimum Gasteiger partial charge on any atom is -0.358 e. The molecule has 108 valence electrons. The molecule has 1 N–H and O–H groups in total. The summed E-state index contributed by atoms with van der Waals surface area (Å²) >= 11 is 0. The second kappa shape index (κ2) is 5.71. The lowest BCUT2D eigenvalue weighted by Gasteiger charge is -2.27. The number of alkyl halides is 3. The third-order valence-electron chi connectivity index (χ3n) is 3.21. The molecule has 0 unspecified atom stereocenters. The molecule has 1 aromatic carbocycles. The normalized spacial score (nSPS) is 14.9. The third-order valence-corrected chi connectivity index (χ3v) is 3.21. The molecule has 0 atom stereocenters. The Balaban J connectivity index is 2.31. The summed E-state index contributed by atoms with van der Waals surface area (Å²) in [6.07, 6.45) is -2.77. The van der Waals surface area contributed by atoms with Crippen molar-refractivity contribution in [2.45, 2.75) is 31.6 Å². The van der Waals surface area contributed by atoms with Crippen molar-refractivity contribution >= 4 is 5.69 Å². The minimum absolute atomic E-state index is 0.0983. The van der Waals surface area contributed by atoms with Crippen molar-refractivity contribution < 1.29 is 13.2 Å². The molecule has 1 saturated carbocycles. The molecule has 2 rings (SSSR count). The molecule has 1 aliphatic carbocycles. The summed E-state index contributed by atoms with van der Waals surface area (Å²) in [6, 6.07) is 6.94. The molecular formula is C14H16F3N3. The van der Waals surface area contributed by atoms with Crippen molar-refractivity contribution in [1.29, 1.82) is 5.26 Å². The number of rotatable bonds is 5. The van der Waals surface area contributed by atoms with E-state index in [1.54, 1.807) is 25.2 Å². The quantitative estimate of drug-likeness (QED) is 0.903. The van der Waals surface area contributed by atoms with Gasteiger partial charge in [0, 0.05) is 12.6 Å². The molecule has 0 spiro atoms. The van der Waals surface area contributed by atoms with E-state index in [1.807, 2.05) is 6.07 Å². The molecule has 1 aliphatic rings. The first kappa shape index (κ1) is 14.7. The van der Waals surface area contributed by atoms with Gasteiger partial charge in [0.05, 0.1) is 11.3 Å². The predicted octanol–water partition coefficient (Wildman–Crippen LogP) is 2.81. The molecule has 0 heterocycles. The van der Waals surface area contributed by atoms with Crippen LogP contribution < -0.4 is 10.2 Å². The molecule has 0 bridgehead atoms. The van der Waals surface area contributed by atoms with Crippen LogP contribution in [0.25, 0.3) is 0 Å². The van der Waals surface area contributed by atoms with Crippen molar-refractivity contribution in [2.75, 3.05) is 18.5 Å². The van der Waals surface area contributed by atoms with E-state index in [4.69, 9.17) is 0 Å². The molecular weight excluding hydrogens is 267 g/mol. The number of anilines is 1. The Morgan fingerprint density at radius 2 is 2.10 bits per heavy atom. The lowest BCUT2D eigenvalue weighted by atomic mass is 10.1. The van der Waals surface area contributed by atoms with E-state index in [0.29, 0.717) is 17.8 Å². The van der Waals surface area contributed by atoms with Gasteiger partial charge in [-0.05, 0) is 37.6 Å². The van der Waals surface area contributed by atoms with Crippen LogP contribution in [0, 0.1) is 11.3 Å².